The molecule has 0 aromatic heterocycles. The molecule has 0 N–H and O–H groups in total. The van der Waals surface area contributed by atoms with Gasteiger partial charge in [0.2, 0.25) is 0 Å². The average molecular weight is 276 g/mol. The third kappa shape index (κ3) is 4.63. The van der Waals surface area contributed by atoms with Crippen molar-refractivity contribution in [2.45, 2.75) is 39.5 Å². The van der Waals surface area contributed by atoms with Crippen LogP contribution in [0.3, 0.4) is 0 Å². The molecule has 0 aromatic carbocycles. The van der Waals surface area contributed by atoms with Gasteiger partial charge in [-0.3, -0.25) is 0 Å². The molecule has 0 saturated heterocycles. The van der Waals surface area contributed by atoms with Gasteiger partial charge in [0.1, 0.15) is 0 Å². The van der Waals surface area contributed by atoms with Gasteiger partial charge in [-0.05, 0) is 47.8 Å². The molecular weight excluding hydrogens is 252 g/mol. The van der Waals surface area contributed by atoms with Gasteiger partial charge in [-0.25, -0.2) is 0 Å². The van der Waals surface area contributed by atoms with E-state index in [1.54, 1.807) is 0 Å². The van der Waals surface area contributed by atoms with Crippen LogP contribution >= 0.6 is 11.3 Å². The molecule has 2 heteroatoms. The van der Waals surface area contributed by atoms with Gasteiger partial charge in [0.05, 0.1) is 0 Å². The van der Waals surface area contributed by atoms with Gasteiger partial charge in [0.25, 0.3) is 0 Å². The number of aryl methyl sites for hydroxylation is 1. The summed E-state index contributed by atoms with van der Waals surface area (Å²) < 4.78 is 5.61. The standard InChI is InChI=1S/C17H24OS/c1-14(2)13-18-11-5-3-4-9-17-16-8-6-7-15(16)10-12-19-17/h6-8,10,12,14H,3-5,9,11,13H2,1-2H3. The summed E-state index contributed by atoms with van der Waals surface area (Å²) in [5.74, 6) is 0.650. The summed E-state index contributed by atoms with van der Waals surface area (Å²) >= 11 is 1.89. The first-order valence-electron chi connectivity index (χ1n) is 7.30. The molecule has 0 radical (unpaired) electrons. The van der Waals surface area contributed by atoms with Gasteiger partial charge in [-0.2, -0.15) is 0 Å². The minimum absolute atomic E-state index is 0.650. The molecule has 2 aliphatic rings. The van der Waals surface area contributed by atoms with Crippen LogP contribution in [0.5, 0.6) is 0 Å². The third-order valence-electron chi connectivity index (χ3n) is 3.25. The number of ether oxygens (including phenoxy) is 1. The van der Waals surface area contributed by atoms with E-state index in [-0.39, 0.29) is 0 Å². The lowest BCUT2D eigenvalue weighted by Crippen LogP contribution is -2.03. The maximum Gasteiger partial charge on any atom is 0.0488 e. The largest absolute Gasteiger partial charge is 0.381 e. The Hall–Kier alpha value is -0.860. The van der Waals surface area contributed by atoms with Crippen LogP contribution in [0.1, 0.15) is 38.0 Å². The molecular formula is C17H24OS. The summed E-state index contributed by atoms with van der Waals surface area (Å²) in [5.41, 5.74) is 2.83. The molecule has 0 fully saturated rings. The topological polar surface area (TPSA) is 9.23 Å². The highest BCUT2D eigenvalue weighted by Crippen LogP contribution is 2.30. The average Bonchev–Trinajstić information content (AvgIpc) is 2.86. The maximum atomic E-state index is 5.61. The Morgan fingerprint density at radius 2 is 2.00 bits per heavy atom. The van der Waals surface area contributed by atoms with Crippen LogP contribution in [0.2, 0.25) is 0 Å². The summed E-state index contributed by atoms with van der Waals surface area (Å²) in [5, 5.41) is 2.21. The van der Waals surface area contributed by atoms with Crippen molar-refractivity contribution in [2.24, 2.45) is 5.92 Å². The second kappa shape index (κ2) is 7.66. The highest BCUT2D eigenvalue weighted by Gasteiger charge is 2.07. The fraction of sp³-hybridized carbons (Fsp3) is 0.529. The number of fused-ring (bicyclic) bond motifs is 1. The van der Waals surface area contributed by atoms with Crippen LogP contribution in [-0.4, -0.2) is 13.2 Å². The Balaban J connectivity index is 1.65. The van der Waals surface area contributed by atoms with Crippen LogP contribution in [-0.2, 0) is 11.2 Å². The van der Waals surface area contributed by atoms with E-state index in [9.17, 15) is 0 Å². The van der Waals surface area contributed by atoms with E-state index in [1.165, 1.54) is 41.7 Å². The van der Waals surface area contributed by atoms with Gasteiger partial charge >= 0.3 is 0 Å². The van der Waals surface area contributed by atoms with Gasteiger partial charge < -0.3 is 4.74 Å². The van der Waals surface area contributed by atoms with Gasteiger partial charge in [0, 0.05) is 18.1 Å². The SMILES string of the molecule is CC(C)COCCCCCc1sccc2cccc1-2. The van der Waals surface area contributed by atoms with Crippen molar-refractivity contribution in [3.05, 3.63) is 34.5 Å². The first-order valence-corrected chi connectivity index (χ1v) is 8.18. The monoisotopic (exact) mass is 276 g/mol. The molecule has 0 saturated carbocycles. The van der Waals surface area contributed by atoms with Crippen LogP contribution in [0.25, 0.3) is 11.1 Å². The summed E-state index contributed by atoms with van der Waals surface area (Å²) in [6, 6.07) is 8.81. The smallest absolute Gasteiger partial charge is 0.0488 e. The Morgan fingerprint density at radius 1 is 1.11 bits per heavy atom. The van der Waals surface area contributed by atoms with Gasteiger partial charge in [-0.15, -0.1) is 11.3 Å². The first-order chi connectivity index (χ1) is 9.27. The van der Waals surface area contributed by atoms with Crippen molar-refractivity contribution in [3.8, 4) is 11.1 Å². The summed E-state index contributed by atoms with van der Waals surface area (Å²) in [4.78, 5) is 1.53. The van der Waals surface area contributed by atoms with E-state index in [0.29, 0.717) is 5.92 Å². The molecule has 0 unspecified atom stereocenters. The fourth-order valence-electron chi connectivity index (χ4n) is 2.27. The second-order valence-electron chi connectivity index (χ2n) is 5.52. The van der Waals surface area contributed by atoms with Crippen molar-refractivity contribution < 1.29 is 4.74 Å². The molecule has 0 aromatic rings. The van der Waals surface area contributed by atoms with Gasteiger partial charge in [0.15, 0.2) is 0 Å². The van der Waals surface area contributed by atoms with E-state index in [2.05, 4.69) is 43.5 Å². The molecule has 1 heterocycles. The molecule has 104 valence electrons. The number of rotatable bonds is 8. The zero-order valence-electron chi connectivity index (χ0n) is 12.0. The maximum absolute atomic E-state index is 5.61. The lowest BCUT2D eigenvalue weighted by atomic mass is 10.1. The predicted octanol–water partition coefficient (Wildman–Crippen LogP) is 5.24. The zero-order valence-corrected chi connectivity index (χ0v) is 12.8. The number of hydrogen-bond donors (Lipinski definition) is 0. The van der Waals surface area contributed by atoms with Crippen molar-refractivity contribution in [1.29, 1.82) is 0 Å². The van der Waals surface area contributed by atoms with Crippen LogP contribution in [0, 0.1) is 5.92 Å². The zero-order chi connectivity index (χ0) is 13.5. The van der Waals surface area contributed by atoms with Crippen molar-refractivity contribution >= 4 is 11.3 Å². The number of unbranched alkanes of at least 4 members (excludes halogenated alkanes) is 2. The van der Waals surface area contributed by atoms with Crippen molar-refractivity contribution in [2.75, 3.05) is 13.2 Å². The van der Waals surface area contributed by atoms with E-state index >= 15 is 0 Å². The lowest BCUT2D eigenvalue weighted by Gasteiger charge is -2.08. The quantitative estimate of drug-likeness (QED) is 0.599. The minimum atomic E-state index is 0.650. The van der Waals surface area contributed by atoms with E-state index in [4.69, 9.17) is 4.74 Å². The summed E-state index contributed by atoms with van der Waals surface area (Å²) in [7, 11) is 0. The van der Waals surface area contributed by atoms with Gasteiger partial charge in [-0.1, -0.05) is 38.5 Å². The van der Waals surface area contributed by atoms with E-state index in [1.807, 2.05) is 11.3 Å². The molecule has 0 bridgehead atoms. The Morgan fingerprint density at radius 3 is 2.84 bits per heavy atom. The first kappa shape index (κ1) is 14.5. The highest BCUT2D eigenvalue weighted by atomic mass is 32.1. The van der Waals surface area contributed by atoms with E-state index in [0.717, 1.165) is 13.2 Å². The van der Waals surface area contributed by atoms with Crippen LogP contribution in [0.4, 0.5) is 0 Å². The number of hydrogen-bond acceptors (Lipinski definition) is 2. The van der Waals surface area contributed by atoms with Crippen molar-refractivity contribution in [1.82, 2.24) is 0 Å². The van der Waals surface area contributed by atoms with Crippen LogP contribution in [0.15, 0.2) is 29.6 Å². The Kier molecular flexibility index (Phi) is 5.87. The molecule has 0 amide bonds. The fourth-order valence-corrected chi connectivity index (χ4v) is 3.22. The molecule has 1 nitrogen and oxygen atoms in total. The summed E-state index contributed by atoms with van der Waals surface area (Å²) in [6.45, 7) is 6.21. The minimum Gasteiger partial charge on any atom is -0.381 e. The molecule has 0 spiro atoms. The molecule has 1 aliphatic carbocycles. The molecule has 1 aliphatic heterocycles. The Bertz CT molecular complexity index is 447. The van der Waals surface area contributed by atoms with Crippen LogP contribution < -0.4 is 0 Å². The molecule has 0 atom stereocenters. The summed E-state index contributed by atoms with van der Waals surface area (Å²) in [6.07, 6.45) is 4.93. The highest BCUT2D eigenvalue weighted by molar-refractivity contribution is 7.10. The predicted molar refractivity (Wildman–Crippen MR) is 84.2 cm³/mol. The third-order valence-corrected chi connectivity index (χ3v) is 4.23. The second-order valence-corrected chi connectivity index (χ2v) is 6.52. The lowest BCUT2D eigenvalue weighted by molar-refractivity contribution is 0.106. The van der Waals surface area contributed by atoms with E-state index < -0.39 is 0 Å². The Labute approximate surface area is 121 Å². The van der Waals surface area contributed by atoms with Crippen molar-refractivity contribution in [3.63, 3.8) is 0 Å². The normalized spacial score (nSPS) is 11.5. The molecule has 19 heavy (non-hydrogen) atoms. The molecule has 2 rings (SSSR count).